The molecule has 6 nitrogen and oxygen atoms in total. The molecule has 512 valence electrons. The molecule has 6 heterocycles. The number of pyridine rings is 6. The third kappa shape index (κ3) is 11.7. The number of rotatable bonds is 9. The van der Waals surface area contributed by atoms with E-state index in [2.05, 4.69) is 343 Å². The first-order chi connectivity index (χ1) is 54.6. The lowest BCUT2D eigenvalue weighted by Gasteiger charge is -2.20. The van der Waals surface area contributed by atoms with Crippen LogP contribution in [0.1, 0.15) is 0 Å². The molecule has 0 atom stereocenters. The zero-order valence-electron chi connectivity index (χ0n) is 59.8. The van der Waals surface area contributed by atoms with E-state index in [1.807, 2.05) is 61.2 Å². The van der Waals surface area contributed by atoms with E-state index < -0.39 is 0 Å². The molecule has 0 unspecified atom stereocenters. The molecule has 16 aromatic carbocycles. The molecular weight excluding hydrogens is 1330 g/mol. The summed E-state index contributed by atoms with van der Waals surface area (Å²) in [4.78, 5) is 27.7. The smallest absolute Gasteiger partial charge is 0.0722 e. The van der Waals surface area contributed by atoms with Gasteiger partial charge in [0.2, 0.25) is 0 Å². The highest BCUT2D eigenvalue weighted by molar-refractivity contribution is 6.28. The van der Waals surface area contributed by atoms with E-state index in [0.717, 1.165) is 56.4 Å². The van der Waals surface area contributed by atoms with Gasteiger partial charge >= 0.3 is 0 Å². The third-order valence-corrected chi connectivity index (χ3v) is 21.6. The summed E-state index contributed by atoms with van der Waals surface area (Å²) in [5, 5.41) is 25.0. The highest BCUT2D eigenvalue weighted by atomic mass is 14.7. The fourth-order valence-corrected chi connectivity index (χ4v) is 16.6. The minimum Gasteiger partial charge on any atom is -0.265 e. The summed E-state index contributed by atoms with van der Waals surface area (Å²) in [6.07, 6.45) is 10.9. The lowest BCUT2D eigenvalue weighted by Crippen LogP contribution is -1.94. The average Bonchev–Trinajstić information content (AvgIpc) is 0.718. The molecule has 6 aromatic heterocycles. The standard InChI is InChI=1S/C44H28N2.C34H22N2.C26H16N2/c1-3-14-33-29(10-1)12-7-18-35(33)43-37-16-5-6-17-38(37)44(36-19-8-13-30-11-2-4-15-34(30)36)40-28-32(22-23-39(40)43)42-21-9-20-41(46-42)31-24-26-45-27-25-31;1-2-9-25-22-26(17-16-23(25)8-1)33-27-10-3-5-12-29(27)34(30-13-6-4-11-28(30)33)32-15-7-14-31(36-32)24-18-20-35-21-19-24;1-3-18-7-8-20-9-11-21(22-12-10-19(4-1)25(18)26(20)22)24-6-2-5-23(28-24)17-13-15-27-16-14-17/h1-28H;1-22H;1-16H. The van der Waals surface area contributed by atoms with Crippen molar-refractivity contribution in [1.29, 1.82) is 0 Å². The second kappa shape index (κ2) is 28.0. The maximum absolute atomic E-state index is 5.13. The fraction of sp³-hybridized carbons (Fsp3) is 0. The van der Waals surface area contributed by atoms with Crippen LogP contribution in [0.3, 0.4) is 0 Å². The minimum atomic E-state index is 0.934. The van der Waals surface area contributed by atoms with Gasteiger partial charge in [0.05, 0.1) is 34.2 Å². The molecule has 110 heavy (non-hydrogen) atoms. The van der Waals surface area contributed by atoms with Gasteiger partial charge in [0, 0.05) is 70.6 Å². The number of benzene rings is 16. The Bertz CT molecular complexity index is 7200. The Balaban J connectivity index is 0.000000111. The van der Waals surface area contributed by atoms with Crippen LogP contribution in [-0.2, 0) is 0 Å². The van der Waals surface area contributed by atoms with Gasteiger partial charge in [-0.05, 0) is 226 Å². The molecule has 0 amide bonds. The van der Waals surface area contributed by atoms with E-state index in [4.69, 9.17) is 15.0 Å². The van der Waals surface area contributed by atoms with E-state index in [9.17, 15) is 0 Å². The van der Waals surface area contributed by atoms with Crippen LogP contribution in [0, 0.1) is 0 Å². The summed E-state index contributed by atoms with van der Waals surface area (Å²) >= 11 is 0. The van der Waals surface area contributed by atoms with Crippen molar-refractivity contribution in [1.82, 2.24) is 29.9 Å². The highest BCUT2D eigenvalue weighted by Crippen LogP contribution is 2.49. The van der Waals surface area contributed by atoms with Gasteiger partial charge in [-0.2, -0.15) is 0 Å². The molecule has 0 aliphatic rings. The largest absolute Gasteiger partial charge is 0.265 e. The first-order valence-corrected chi connectivity index (χ1v) is 37.3. The molecule has 0 radical (unpaired) electrons. The fourth-order valence-electron chi connectivity index (χ4n) is 16.6. The second-order valence-corrected chi connectivity index (χ2v) is 27.9. The topological polar surface area (TPSA) is 77.3 Å². The maximum atomic E-state index is 5.13. The molecule has 0 bridgehead atoms. The van der Waals surface area contributed by atoms with Crippen molar-refractivity contribution in [3.05, 3.63) is 401 Å². The lowest BCUT2D eigenvalue weighted by molar-refractivity contribution is 1.29. The Morgan fingerprint density at radius 3 is 1.03 bits per heavy atom. The van der Waals surface area contributed by atoms with Crippen molar-refractivity contribution in [2.75, 3.05) is 0 Å². The van der Waals surface area contributed by atoms with Crippen molar-refractivity contribution in [3.8, 4) is 101 Å². The number of hydrogen-bond acceptors (Lipinski definition) is 6. The Morgan fingerprint density at radius 2 is 0.482 bits per heavy atom. The molecule has 6 heteroatoms. The van der Waals surface area contributed by atoms with Crippen LogP contribution in [0.15, 0.2) is 401 Å². The van der Waals surface area contributed by atoms with Gasteiger partial charge in [0.1, 0.15) is 0 Å². The van der Waals surface area contributed by atoms with E-state index in [-0.39, 0.29) is 0 Å². The monoisotopic (exact) mass is 1400 g/mol. The van der Waals surface area contributed by atoms with Crippen molar-refractivity contribution in [2.24, 2.45) is 0 Å². The normalized spacial score (nSPS) is 11.5. The molecule has 0 aliphatic carbocycles. The van der Waals surface area contributed by atoms with Gasteiger partial charge in [-0.1, -0.05) is 279 Å². The van der Waals surface area contributed by atoms with Crippen molar-refractivity contribution < 1.29 is 0 Å². The Morgan fingerprint density at radius 1 is 0.145 bits per heavy atom. The van der Waals surface area contributed by atoms with Crippen LogP contribution in [0.25, 0.3) is 209 Å². The molecule has 22 rings (SSSR count). The molecule has 22 aromatic rings. The summed E-state index contributed by atoms with van der Waals surface area (Å²) < 4.78 is 0. The van der Waals surface area contributed by atoms with Crippen LogP contribution in [0.2, 0.25) is 0 Å². The Labute approximate surface area is 635 Å². The molecule has 0 N–H and O–H groups in total. The molecule has 0 saturated heterocycles. The Hall–Kier alpha value is -14.7. The predicted molar refractivity (Wildman–Crippen MR) is 461 cm³/mol. The highest BCUT2D eigenvalue weighted by Gasteiger charge is 2.23. The molecule has 0 saturated carbocycles. The van der Waals surface area contributed by atoms with Crippen LogP contribution >= 0.6 is 0 Å². The third-order valence-electron chi connectivity index (χ3n) is 21.6. The minimum absolute atomic E-state index is 0.934. The number of aromatic nitrogens is 6. The van der Waals surface area contributed by atoms with Crippen LogP contribution < -0.4 is 0 Å². The summed E-state index contributed by atoms with van der Waals surface area (Å²) in [6, 6.07) is 130. The summed E-state index contributed by atoms with van der Waals surface area (Å²) in [5.74, 6) is 0. The summed E-state index contributed by atoms with van der Waals surface area (Å²) in [7, 11) is 0. The predicted octanol–water partition coefficient (Wildman–Crippen LogP) is 27.4. The van der Waals surface area contributed by atoms with Crippen LogP contribution in [-0.4, -0.2) is 29.9 Å². The van der Waals surface area contributed by atoms with Crippen LogP contribution in [0.4, 0.5) is 0 Å². The van der Waals surface area contributed by atoms with Crippen LogP contribution in [0.5, 0.6) is 0 Å². The van der Waals surface area contributed by atoms with Gasteiger partial charge in [-0.3, -0.25) is 15.0 Å². The number of fused-ring (bicyclic) bond motifs is 7. The van der Waals surface area contributed by atoms with E-state index in [1.165, 1.54) is 152 Å². The Kier molecular flexibility index (Phi) is 16.5. The van der Waals surface area contributed by atoms with Gasteiger partial charge < -0.3 is 0 Å². The first kappa shape index (κ1) is 64.8. The zero-order valence-corrected chi connectivity index (χ0v) is 59.8. The SMILES string of the molecule is c1cc(-c2ccncc2)nc(-c2c3ccccc3c(-c3ccc4ccccc4c3)c3ccccc23)c1.c1cc(-c2ccncc2)nc(-c2ccc3c(-c4cccc5ccccc45)c4ccccc4c(-c4cccc5ccccc45)c3c2)c1.c1cc(-c2ccncc2)nc(-c2ccc3ccc4cccc5ccc2c3c45)c1. The molecule has 0 aliphatic heterocycles. The summed E-state index contributed by atoms with van der Waals surface area (Å²) in [6.45, 7) is 0. The maximum Gasteiger partial charge on any atom is 0.0722 e. The first-order valence-electron chi connectivity index (χ1n) is 37.3. The lowest BCUT2D eigenvalue weighted by atomic mass is 9.83. The molecular formula is C104H66N6. The van der Waals surface area contributed by atoms with Crippen molar-refractivity contribution in [2.45, 2.75) is 0 Å². The molecule has 0 fully saturated rings. The van der Waals surface area contributed by atoms with E-state index in [1.54, 1.807) is 12.4 Å². The quantitative estimate of drug-likeness (QED) is 0.106. The van der Waals surface area contributed by atoms with E-state index >= 15 is 0 Å². The second-order valence-electron chi connectivity index (χ2n) is 27.9. The van der Waals surface area contributed by atoms with Crippen molar-refractivity contribution in [3.63, 3.8) is 0 Å². The average molecular weight is 1400 g/mol. The van der Waals surface area contributed by atoms with Gasteiger partial charge in [-0.15, -0.1) is 0 Å². The molecule has 0 spiro atoms. The van der Waals surface area contributed by atoms with Crippen molar-refractivity contribution >= 4 is 108 Å². The number of hydrogen-bond donors (Lipinski definition) is 0. The number of nitrogens with zero attached hydrogens (tertiary/aromatic N) is 6. The van der Waals surface area contributed by atoms with Gasteiger partial charge in [-0.25, -0.2) is 15.0 Å². The zero-order chi connectivity index (χ0) is 72.9. The summed E-state index contributed by atoms with van der Waals surface area (Å²) in [5.41, 5.74) is 19.9. The van der Waals surface area contributed by atoms with E-state index in [0.29, 0.717) is 0 Å². The van der Waals surface area contributed by atoms with Gasteiger partial charge in [0.15, 0.2) is 0 Å². The van der Waals surface area contributed by atoms with Gasteiger partial charge in [0.25, 0.3) is 0 Å².